The second-order valence-electron chi connectivity index (χ2n) is 8.75. The van der Waals surface area contributed by atoms with Crippen LogP contribution in [-0.4, -0.2) is 36.5 Å². The second kappa shape index (κ2) is 10.7. The molecule has 0 saturated carbocycles. The summed E-state index contributed by atoms with van der Waals surface area (Å²) in [6.07, 6.45) is 1.47. The number of rotatable bonds is 8. The van der Waals surface area contributed by atoms with Crippen LogP contribution in [0.4, 0.5) is 0 Å². The summed E-state index contributed by atoms with van der Waals surface area (Å²) in [5.74, 6) is 0.460. The van der Waals surface area contributed by atoms with Gasteiger partial charge in [0.1, 0.15) is 5.76 Å². The minimum absolute atomic E-state index is 0.0791. The Labute approximate surface area is 204 Å². The molecule has 1 N–H and O–H groups in total. The number of nitrogens with zero attached hydrogens (tertiary/aromatic N) is 1. The fourth-order valence-corrected chi connectivity index (χ4v) is 3.73. The molecule has 1 aromatic heterocycles. The maximum absolute atomic E-state index is 13.9. The van der Waals surface area contributed by atoms with Crippen molar-refractivity contribution in [2.45, 2.75) is 38.9 Å². The summed E-state index contributed by atoms with van der Waals surface area (Å²) >= 11 is 6.42. The lowest BCUT2D eigenvalue weighted by Crippen LogP contribution is -2.49. The maximum atomic E-state index is 13.9. The molecule has 7 nitrogen and oxygen atoms in total. The Hall–Kier alpha value is -3.45. The lowest BCUT2D eigenvalue weighted by molar-refractivity contribution is -0.128. The molecular formula is C26H29ClN2O5. The molecule has 0 aliphatic rings. The summed E-state index contributed by atoms with van der Waals surface area (Å²) in [6, 6.07) is 14.4. The number of carbonyl (C=O) groups excluding carboxylic acids is 2. The van der Waals surface area contributed by atoms with E-state index in [9.17, 15) is 9.59 Å². The van der Waals surface area contributed by atoms with Gasteiger partial charge >= 0.3 is 0 Å². The molecule has 3 rings (SSSR count). The summed E-state index contributed by atoms with van der Waals surface area (Å²) in [5.41, 5.74) is 0.493. The molecule has 0 radical (unpaired) electrons. The SMILES string of the molecule is COc1ccc(C(=O)N(Cc2ccccc2Cl)[C@H](C(=O)NC(C)(C)C)c2ccco2)cc1OC. The van der Waals surface area contributed by atoms with Crippen LogP contribution >= 0.6 is 11.6 Å². The van der Waals surface area contributed by atoms with Crippen molar-refractivity contribution in [1.29, 1.82) is 0 Å². The number of carbonyl (C=O) groups is 2. The Bertz CT molecular complexity index is 1140. The molecule has 2 amide bonds. The van der Waals surface area contributed by atoms with E-state index in [1.165, 1.54) is 25.4 Å². The number of furan rings is 1. The largest absolute Gasteiger partial charge is 0.493 e. The van der Waals surface area contributed by atoms with E-state index < -0.39 is 17.5 Å². The summed E-state index contributed by atoms with van der Waals surface area (Å²) in [6.45, 7) is 5.70. The molecular weight excluding hydrogens is 456 g/mol. The van der Waals surface area contributed by atoms with E-state index in [1.807, 2.05) is 39.0 Å². The van der Waals surface area contributed by atoms with Crippen molar-refractivity contribution >= 4 is 23.4 Å². The van der Waals surface area contributed by atoms with Crippen LogP contribution in [0.5, 0.6) is 11.5 Å². The molecule has 0 aliphatic heterocycles. The molecule has 0 bridgehead atoms. The van der Waals surface area contributed by atoms with Crippen LogP contribution in [0, 0.1) is 0 Å². The van der Waals surface area contributed by atoms with Crippen LogP contribution in [-0.2, 0) is 11.3 Å². The van der Waals surface area contributed by atoms with E-state index in [1.54, 1.807) is 36.4 Å². The Kier molecular flexibility index (Phi) is 7.89. The third-order valence-electron chi connectivity index (χ3n) is 5.06. The standard InChI is InChI=1S/C26H29ClN2O5/c1-26(2,3)28-24(30)23(21-11-8-14-34-21)29(16-18-9-6-7-10-19(18)27)25(31)17-12-13-20(32-4)22(15-17)33-5/h6-15,23H,16H2,1-5H3,(H,28,30)/t23-/m0/s1. The first-order valence-electron chi connectivity index (χ1n) is 10.8. The minimum Gasteiger partial charge on any atom is -0.493 e. The third-order valence-corrected chi connectivity index (χ3v) is 5.43. The summed E-state index contributed by atoms with van der Waals surface area (Å²) in [7, 11) is 3.02. The van der Waals surface area contributed by atoms with E-state index in [0.29, 0.717) is 33.4 Å². The van der Waals surface area contributed by atoms with Crippen molar-refractivity contribution in [3.05, 3.63) is 82.8 Å². The van der Waals surface area contributed by atoms with Gasteiger partial charge in [-0.2, -0.15) is 0 Å². The number of ether oxygens (including phenoxy) is 2. The van der Waals surface area contributed by atoms with Gasteiger partial charge in [0, 0.05) is 22.7 Å². The van der Waals surface area contributed by atoms with Gasteiger partial charge in [0.25, 0.3) is 11.8 Å². The monoisotopic (exact) mass is 484 g/mol. The number of hydrogen-bond acceptors (Lipinski definition) is 5. The van der Waals surface area contributed by atoms with Crippen LogP contribution in [0.3, 0.4) is 0 Å². The van der Waals surface area contributed by atoms with Crippen LogP contribution in [0.1, 0.15) is 48.5 Å². The van der Waals surface area contributed by atoms with E-state index in [-0.39, 0.29) is 12.5 Å². The highest BCUT2D eigenvalue weighted by atomic mass is 35.5. The highest BCUT2D eigenvalue weighted by molar-refractivity contribution is 6.31. The van der Waals surface area contributed by atoms with Crippen molar-refractivity contribution in [3.8, 4) is 11.5 Å². The van der Waals surface area contributed by atoms with Gasteiger partial charge in [0.15, 0.2) is 17.5 Å². The zero-order chi connectivity index (χ0) is 24.9. The van der Waals surface area contributed by atoms with Crippen molar-refractivity contribution in [2.24, 2.45) is 0 Å². The minimum atomic E-state index is -1.04. The van der Waals surface area contributed by atoms with Gasteiger partial charge in [0.05, 0.1) is 20.5 Å². The lowest BCUT2D eigenvalue weighted by Gasteiger charge is -2.32. The van der Waals surface area contributed by atoms with Gasteiger partial charge in [-0.3, -0.25) is 9.59 Å². The van der Waals surface area contributed by atoms with E-state index in [2.05, 4.69) is 5.32 Å². The van der Waals surface area contributed by atoms with Crippen molar-refractivity contribution in [3.63, 3.8) is 0 Å². The van der Waals surface area contributed by atoms with Gasteiger partial charge in [-0.05, 0) is 62.7 Å². The molecule has 8 heteroatoms. The van der Waals surface area contributed by atoms with E-state index in [4.69, 9.17) is 25.5 Å². The number of benzene rings is 2. The average molecular weight is 485 g/mol. The van der Waals surface area contributed by atoms with Gasteiger partial charge in [-0.25, -0.2) is 0 Å². The summed E-state index contributed by atoms with van der Waals surface area (Å²) < 4.78 is 16.3. The molecule has 2 aromatic carbocycles. The van der Waals surface area contributed by atoms with Crippen LogP contribution in [0.25, 0.3) is 0 Å². The van der Waals surface area contributed by atoms with E-state index >= 15 is 0 Å². The predicted octanol–water partition coefficient (Wildman–Crippen LogP) is 5.25. The normalized spacial score (nSPS) is 12.1. The first-order chi connectivity index (χ1) is 16.1. The summed E-state index contributed by atoms with van der Waals surface area (Å²) in [5, 5.41) is 3.45. The molecule has 1 atom stereocenters. The van der Waals surface area contributed by atoms with Crippen LogP contribution in [0.2, 0.25) is 5.02 Å². The highest BCUT2D eigenvalue weighted by Gasteiger charge is 2.36. The molecule has 0 saturated heterocycles. The summed E-state index contributed by atoms with van der Waals surface area (Å²) in [4.78, 5) is 28.8. The predicted molar refractivity (Wildman–Crippen MR) is 130 cm³/mol. The number of halogens is 1. The number of hydrogen-bond donors (Lipinski definition) is 1. The molecule has 1 heterocycles. The topological polar surface area (TPSA) is 81.0 Å². The zero-order valence-electron chi connectivity index (χ0n) is 19.9. The quantitative estimate of drug-likeness (QED) is 0.472. The van der Waals surface area contributed by atoms with Crippen LogP contribution < -0.4 is 14.8 Å². The van der Waals surface area contributed by atoms with E-state index in [0.717, 1.165) is 0 Å². The fourth-order valence-electron chi connectivity index (χ4n) is 3.53. The first-order valence-corrected chi connectivity index (χ1v) is 11.1. The molecule has 0 aliphatic carbocycles. The molecule has 34 heavy (non-hydrogen) atoms. The molecule has 180 valence electrons. The molecule has 0 fully saturated rings. The Morgan fingerprint density at radius 3 is 2.32 bits per heavy atom. The van der Waals surface area contributed by atoms with Gasteiger partial charge < -0.3 is 24.1 Å². The Balaban J connectivity index is 2.12. The first kappa shape index (κ1) is 25.2. The number of amides is 2. The van der Waals surface area contributed by atoms with Crippen molar-refractivity contribution in [2.75, 3.05) is 14.2 Å². The van der Waals surface area contributed by atoms with Gasteiger partial charge in [-0.1, -0.05) is 29.8 Å². The van der Waals surface area contributed by atoms with Crippen molar-refractivity contribution in [1.82, 2.24) is 10.2 Å². The Morgan fingerprint density at radius 2 is 1.74 bits per heavy atom. The zero-order valence-corrected chi connectivity index (χ0v) is 20.7. The lowest BCUT2D eigenvalue weighted by atomic mass is 10.0. The number of nitrogens with one attached hydrogen (secondary N) is 1. The van der Waals surface area contributed by atoms with Gasteiger partial charge in [-0.15, -0.1) is 0 Å². The van der Waals surface area contributed by atoms with Crippen molar-refractivity contribution < 1.29 is 23.5 Å². The van der Waals surface area contributed by atoms with Crippen LogP contribution in [0.15, 0.2) is 65.3 Å². The smallest absolute Gasteiger partial charge is 0.255 e. The third kappa shape index (κ3) is 5.91. The maximum Gasteiger partial charge on any atom is 0.255 e. The molecule has 3 aromatic rings. The highest BCUT2D eigenvalue weighted by Crippen LogP contribution is 2.32. The van der Waals surface area contributed by atoms with Gasteiger partial charge in [0.2, 0.25) is 0 Å². The number of methoxy groups -OCH3 is 2. The average Bonchev–Trinajstić information content (AvgIpc) is 3.32. The molecule has 0 spiro atoms. The second-order valence-corrected chi connectivity index (χ2v) is 9.16. The fraction of sp³-hybridized carbons (Fsp3) is 0.308. The molecule has 0 unspecified atom stereocenters. The Morgan fingerprint density at radius 1 is 1.03 bits per heavy atom.